The van der Waals surface area contributed by atoms with Crippen LogP contribution in [0.15, 0.2) is 46.1 Å². The summed E-state index contributed by atoms with van der Waals surface area (Å²) in [6, 6.07) is 8.00. The van der Waals surface area contributed by atoms with Gasteiger partial charge in [-0.3, -0.25) is 0 Å². The lowest BCUT2D eigenvalue weighted by Crippen LogP contribution is -2.47. The third-order valence-corrected chi connectivity index (χ3v) is 4.24. The number of rotatable bonds is 3. The summed E-state index contributed by atoms with van der Waals surface area (Å²) in [5, 5.41) is 4.38. The van der Waals surface area contributed by atoms with Gasteiger partial charge in [0.05, 0.1) is 31.1 Å². The first-order valence-corrected chi connectivity index (χ1v) is 8.37. The maximum absolute atomic E-state index is 6.08. The molecule has 1 aromatic heterocycles. The van der Waals surface area contributed by atoms with Gasteiger partial charge in [0, 0.05) is 29.3 Å². The third-order valence-electron chi connectivity index (χ3n) is 3.72. The van der Waals surface area contributed by atoms with Gasteiger partial charge in [0.15, 0.2) is 5.96 Å². The smallest absolute Gasteiger partial charge is 0.191 e. The summed E-state index contributed by atoms with van der Waals surface area (Å²) in [6.07, 6.45) is 3.99. The van der Waals surface area contributed by atoms with E-state index in [-0.39, 0.29) is 6.10 Å². The molecule has 7 heteroatoms. The molecule has 2 N–H and O–H groups in total. The molecule has 0 spiro atoms. The van der Waals surface area contributed by atoms with Crippen LogP contribution >= 0.6 is 15.9 Å². The third kappa shape index (κ3) is 4.11. The van der Waals surface area contributed by atoms with E-state index in [1.807, 2.05) is 48.3 Å². The molecule has 2 aromatic rings. The fourth-order valence-electron chi connectivity index (χ4n) is 2.48. The number of aliphatic imine (C=N–C) groups is 1. The van der Waals surface area contributed by atoms with Crippen molar-refractivity contribution in [3.05, 3.63) is 46.7 Å². The molecule has 0 bridgehead atoms. The van der Waals surface area contributed by atoms with Crippen molar-refractivity contribution < 1.29 is 4.74 Å². The van der Waals surface area contributed by atoms with Crippen LogP contribution in [0.25, 0.3) is 5.69 Å². The highest BCUT2D eigenvalue weighted by molar-refractivity contribution is 9.10. The second kappa shape index (κ2) is 7.14. The topological polar surface area (TPSA) is 68.7 Å². The average molecular weight is 378 g/mol. The van der Waals surface area contributed by atoms with Gasteiger partial charge in [0.1, 0.15) is 0 Å². The number of guanidine groups is 1. The summed E-state index contributed by atoms with van der Waals surface area (Å²) in [5.41, 5.74) is 8.12. The molecular formula is C16H20BrN5O. The maximum atomic E-state index is 6.08. The number of benzene rings is 1. The van der Waals surface area contributed by atoms with Crippen LogP contribution in [0.2, 0.25) is 0 Å². The van der Waals surface area contributed by atoms with Crippen molar-refractivity contribution in [3.8, 4) is 5.69 Å². The Balaban J connectivity index is 1.64. The minimum atomic E-state index is 0.192. The minimum absolute atomic E-state index is 0.192. The molecule has 23 heavy (non-hydrogen) atoms. The van der Waals surface area contributed by atoms with Crippen molar-refractivity contribution in [2.24, 2.45) is 10.7 Å². The molecule has 1 fully saturated rings. The highest BCUT2D eigenvalue weighted by atomic mass is 79.9. The van der Waals surface area contributed by atoms with Crippen LogP contribution in [0.3, 0.4) is 0 Å². The van der Waals surface area contributed by atoms with E-state index in [1.54, 1.807) is 0 Å². The lowest BCUT2D eigenvalue weighted by molar-refractivity contribution is 0.00529. The molecule has 0 amide bonds. The van der Waals surface area contributed by atoms with Crippen LogP contribution in [0.4, 0.5) is 0 Å². The number of ether oxygens (including phenoxy) is 1. The van der Waals surface area contributed by atoms with Crippen molar-refractivity contribution in [1.29, 1.82) is 0 Å². The first-order valence-electron chi connectivity index (χ1n) is 7.58. The monoisotopic (exact) mass is 377 g/mol. The zero-order valence-electron chi connectivity index (χ0n) is 13.0. The Hall–Kier alpha value is -1.86. The maximum Gasteiger partial charge on any atom is 0.191 e. The van der Waals surface area contributed by atoms with E-state index in [9.17, 15) is 0 Å². The molecule has 0 aliphatic carbocycles. The number of nitrogens with zero attached hydrogens (tertiary/aromatic N) is 4. The first-order chi connectivity index (χ1) is 11.1. The largest absolute Gasteiger partial charge is 0.375 e. The van der Waals surface area contributed by atoms with Gasteiger partial charge in [0.2, 0.25) is 0 Å². The van der Waals surface area contributed by atoms with Gasteiger partial charge in [-0.15, -0.1) is 0 Å². The molecule has 1 aromatic carbocycles. The minimum Gasteiger partial charge on any atom is -0.375 e. The molecule has 6 nitrogen and oxygen atoms in total. The Morgan fingerprint density at radius 1 is 1.43 bits per heavy atom. The number of hydrogen-bond acceptors (Lipinski definition) is 3. The summed E-state index contributed by atoms with van der Waals surface area (Å²) in [5.74, 6) is 0.566. The summed E-state index contributed by atoms with van der Waals surface area (Å²) in [7, 11) is 0. The average Bonchev–Trinajstić information content (AvgIpc) is 3.02. The van der Waals surface area contributed by atoms with Crippen LogP contribution in [-0.4, -0.2) is 46.4 Å². The van der Waals surface area contributed by atoms with Crippen LogP contribution in [0, 0.1) is 0 Å². The van der Waals surface area contributed by atoms with Gasteiger partial charge in [-0.05, 0) is 31.2 Å². The molecule has 1 unspecified atom stereocenters. The predicted octanol–water partition coefficient (Wildman–Crippen LogP) is 2.17. The SMILES string of the molecule is CC1CN(C(N)=NCc2cnn(-c3ccc(Br)cc3)c2)CCO1. The normalized spacial score (nSPS) is 19.1. The fourth-order valence-corrected chi connectivity index (χ4v) is 2.74. The summed E-state index contributed by atoms with van der Waals surface area (Å²) >= 11 is 3.43. The molecule has 3 rings (SSSR count). The molecule has 1 atom stereocenters. The molecule has 1 aliphatic rings. The van der Waals surface area contributed by atoms with E-state index in [1.165, 1.54) is 0 Å². The molecule has 1 saturated heterocycles. The Bertz CT molecular complexity index is 682. The summed E-state index contributed by atoms with van der Waals surface area (Å²) in [4.78, 5) is 6.54. The Morgan fingerprint density at radius 2 is 2.22 bits per heavy atom. The van der Waals surface area contributed by atoms with Gasteiger partial charge in [0.25, 0.3) is 0 Å². The van der Waals surface area contributed by atoms with E-state index >= 15 is 0 Å². The van der Waals surface area contributed by atoms with Crippen molar-refractivity contribution >= 4 is 21.9 Å². The number of morpholine rings is 1. The predicted molar refractivity (Wildman–Crippen MR) is 93.6 cm³/mol. The number of hydrogen-bond donors (Lipinski definition) is 1. The van der Waals surface area contributed by atoms with Gasteiger partial charge >= 0.3 is 0 Å². The lowest BCUT2D eigenvalue weighted by atomic mass is 10.3. The van der Waals surface area contributed by atoms with Gasteiger partial charge < -0.3 is 15.4 Å². The zero-order chi connectivity index (χ0) is 16.2. The zero-order valence-corrected chi connectivity index (χ0v) is 14.6. The van der Waals surface area contributed by atoms with Crippen LogP contribution in [0.5, 0.6) is 0 Å². The van der Waals surface area contributed by atoms with Gasteiger partial charge in [-0.1, -0.05) is 15.9 Å². The summed E-state index contributed by atoms with van der Waals surface area (Å²) in [6.45, 7) is 4.83. The molecule has 0 saturated carbocycles. The lowest BCUT2D eigenvalue weighted by Gasteiger charge is -2.31. The van der Waals surface area contributed by atoms with E-state index in [4.69, 9.17) is 10.5 Å². The standard InChI is InChI=1S/C16H20BrN5O/c1-12-10-21(6-7-23-12)16(18)19-8-13-9-20-22(11-13)15-4-2-14(17)3-5-15/h2-5,9,11-12H,6-8,10H2,1H3,(H2,18,19). The van der Waals surface area contributed by atoms with Crippen LogP contribution in [-0.2, 0) is 11.3 Å². The van der Waals surface area contributed by atoms with Crippen molar-refractivity contribution in [1.82, 2.24) is 14.7 Å². The highest BCUT2D eigenvalue weighted by Gasteiger charge is 2.17. The molecular weight excluding hydrogens is 358 g/mol. The summed E-state index contributed by atoms with van der Waals surface area (Å²) < 4.78 is 8.40. The van der Waals surface area contributed by atoms with Gasteiger partial charge in [-0.2, -0.15) is 5.10 Å². The van der Waals surface area contributed by atoms with E-state index in [0.29, 0.717) is 19.1 Å². The second-order valence-electron chi connectivity index (χ2n) is 5.57. The molecule has 0 radical (unpaired) electrons. The Morgan fingerprint density at radius 3 is 2.96 bits per heavy atom. The first kappa shape index (κ1) is 16.0. The van der Waals surface area contributed by atoms with E-state index in [0.717, 1.165) is 28.8 Å². The molecule has 2 heterocycles. The van der Waals surface area contributed by atoms with E-state index < -0.39 is 0 Å². The van der Waals surface area contributed by atoms with Crippen molar-refractivity contribution in [3.63, 3.8) is 0 Å². The van der Waals surface area contributed by atoms with E-state index in [2.05, 4.69) is 30.9 Å². The number of halogens is 1. The van der Waals surface area contributed by atoms with Gasteiger partial charge in [-0.25, -0.2) is 9.67 Å². The second-order valence-corrected chi connectivity index (χ2v) is 6.49. The highest BCUT2D eigenvalue weighted by Crippen LogP contribution is 2.14. The number of nitrogens with two attached hydrogens (primary N) is 1. The number of aromatic nitrogens is 2. The molecule has 1 aliphatic heterocycles. The van der Waals surface area contributed by atoms with Crippen LogP contribution in [0.1, 0.15) is 12.5 Å². The Labute approximate surface area is 144 Å². The van der Waals surface area contributed by atoms with Crippen molar-refractivity contribution in [2.45, 2.75) is 19.6 Å². The quantitative estimate of drug-likeness (QED) is 0.657. The molecule has 122 valence electrons. The Kier molecular flexibility index (Phi) is 4.97. The van der Waals surface area contributed by atoms with Crippen LogP contribution < -0.4 is 5.73 Å². The fraction of sp³-hybridized carbons (Fsp3) is 0.375. The van der Waals surface area contributed by atoms with Crippen molar-refractivity contribution in [2.75, 3.05) is 19.7 Å².